The lowest BCUT2D eigenvalue weighted by Crippen LogP contribution is -2.25. The molecule has 0 saturated heterocycles. The van der Waals surface area contributed by atoms with Crippen LogP contribution >= 0.6 is 0 Å². The molecule has 16 rings (SSSR count). The van der Waals surface area contributed by atoms with Gasteiger partial charge in [0, 0.05) is 49.3 Å². The van der Waals surface area contributed by atoms with Crippen molar-refractivity contribution in [2.24, 2.45) is 0 Å². The van der Waals surface area contributed by atoms with Gasteiger partial charge in [0.1, 0.15) is 0 Å². The number of hydrogen-bond donors (Lipinski definition) is 0. The van der Waals surface area contributed by atoms with Crippen LogP contribution in [0.4, 0.5) is 0 Å². The Morgan fingerprint density at radius 1 is 0.296 bits per heavy atom. The molecule has 328 valence electrons. The Balaban J connectivity index is 0.981. The van der Waals surface area contributed by atoms with Crippen LogP contribution in [0.5, 0.6) is 0 Å². The zero-order chi connectivity index (χ0) is 46.4. The molecule has 0 bridgehead atoms. The number of hydrogen-bond acceptors (Lipinski definition) is 1. The lowest BCUT2D eigenvalue weighted by atomic mass is 9.70. The maximum atomic E-state index is 5.71. The van der Waals surface area contributed by atoms with Gasteiger partial charge in [0.2, 0.25) is 0 Å². The molecule has 3 heterocycles. The lowest BCUT2D eigenvalue weighted by Gasteiger charge is -2.30. The largest absolute Gasteiger partial charge is 0.309 e. The molecule has 71 heavy (non-hydrogen) atoms. The highest BCUT2D eigenvalue weighted by atomic mass is 15.0. The fourth-order valence-electron chi connectivity index (χ4n) is 13.1. The SMILES string of the molecule is c1cc(-c2cc(-n3c4ccccc4c4ccccc43)cc(-n3c4ccccc4c4ccccc43)c2)cc(-c2nc3ccccc3c3ccc4c(c23)-c2ccccc2C42c3ccccc3-c3ccccc32)c1. The topological polar surface area (TPSA) is 22.8 Å². The third kappa shape index (κ3) is 5.14. The van der Waals surface area contributed by atoms with E-state index in [-0.39, 0.29) is 0 Å². The predicted molar refractivity (Wildman–Crippen MR) is 295 cm³/mol. The van der Waals surface area contributed by atoms with Crippen LogP contribution in [0.25, 0.3) is 121 Å². The number of benzene rings is 11. The van der Waals surface area contributed by atoms with Crippen molar-refractivity contribution in [1.29, 1.82) is 0 Å². The van der Waals surface area contributed by atoms with Gasteiger partial charge in [-0.05, 0) is 116 Å². The van der Waals surface area contributed by atoms with Crippen molar-refractivity contribution in [2.45, 2.75) is 5.41 Å². The second-order valence-corrected chi connectivity index (χ2v) is 19.3. The number of aromatic nitrogens is 3. The van der Waals surface area contributed by atoms with Gasteiger partial charge in [-0.3, -0.25) is 0 Å². The first-order valence-corrected chi connectivity index (χ1v) is 24.6. The zero-order valence-electron chi connectivity index (χ0n) is 38.5. The molecule has 2 aliphatic rings. The van der Waals surface area contributed by atoms with E-state index in [4.69, 9.17) is 4.98 Å². The third-order valence-corrected chi connectivity index (χ3v) is 15.9. The molecule has 2 aliphatic carbocycles. The Hall–Kier alpha value is -9.31. The van der Waals surface area contributed by atoms with Crippen molar-refractivity contribution in [3.05, 3.63) is 271 Å². The Bertz CT molecular complexity index is 4320. The summed E-state index contributed by atoms with van der Waals surface area (Å²) in [5.41, 5.74) is 22.2. The van der Waals surface area contributed by atoms with E-state index in [0.29, 0.717) is 0 Å². The van der Waals surface area contributed by atoms with Crippen LogP contribution in [0.1, 0.15) is 22.3 Å². The summed E-state index contributed by atoms with van der Waals surface area (Å²) in [6, 6.07) is 92.2. The average Bonchev–Trinajstić information content (AvgIpc) is 4.16. The predicted octanol–water partition coefficient (Wildman–Crippen LogP) is 17.3. The van der Waals surface area contributed by atoms with E-state index in [1.807, 2.05) is 0 Å². The third-order valence-electron chi connectivity index (χ3n) is 15.9. The summed E-state index contributed by atoms with van der Waals surface area (Å²) in [6.45, 7) is 0. The molecule has 1 spiro atoms. The van der Waals surface area contributed by atoms with E-state index >= 15 is 0 Å². The molecule has 3 heteroatoms. The number of pyridine rings is 1. The Morgan fingerprint density at radius 2 is 0.746 bits per heavy atom. The van der Waals surface area contributed by atoms with E-state index in [1.165, 1.54) is 98.9 Å². The minimum atomic E-state index is -0.464. The highest BCUT2D eigenvalue weighted by Crippen LogP contribution is 2.64. The van der Waals surface area contributed by atoms with Crippen molar-refractivity contribution in [1.82, 2.24) is 14.1 Å². The molecule has 0 aliphatic heterocycles. The summed E-state index contributed by atoms with van der Waals surface area (Å²) < 4.78 is 4.90. The number of fused-ring (bicyclic) bond motifs is 20. The van der Waals surface area contributed by atoms with E-state index in [0.717, 1.165) is 44.7 Å². The van der Waals surface area contributed by atoms with Gasteiger partial charge >= 0.3 is 0 Å². The second kappa shape index (κ2) is 14.4. The summed E-state index contributed by atoms with van der Waals surface area (Å²) >= 11 is 0. The number of para-hydroxylation sites is 5. The molecule has 3 aromatic heterocycles. The van der Waals surface area contributed by atoms with Crippen LogP contribution in [-0.4, -0.2) is 14.1 Å². The molecule has 3 nitrogen and oxygen atoms in total. The molecule has 0 unspecified atom stereocenters. The summed E-state index contributed by atoms with van der Waals surface area (Å²) in [5.74, 6) is 0. The van der Waals surface area contributed by atoms with Gasteiger partial charge < -0.3 is 9.13 Å². The average molecular weight is 900 g/mol. The maximum absolute atomic E-state index is 5.71. The first-order valence-electron chi connectivity index (χ1n) is 24.6. The van der Waals surface area contributed by atoms with E-state index in [9.17, 15) is 0 Å². The van der Waals surface area contributed by atoms with Gasteiger partial charge in [-0.1, -0.05) is 194 Å². The monoisotopic (exact) mass is 899 g/mol. The van der Waals surface area contributed by atoms with Crippen LogP contribution in [-0.2, 0) is 5.41 Å². The standard InChI is InChI=1S/C68H41N3/c1-9-28-56-47(20-1)48-21-2-10-29-57(48)68(56)58-30-11-3-27-55(58)65-59(68)37-36-54-49-22-4-12-31-60(49)69-67(66(54)65)43-19-17-18-42(38-43)44-39-45(70-61-32-13-5-23-50(61)51-24-6-14-33-62(51)70)41-46(40-44)71-63-34-15-7-25-52(63)53-26-8-16-35-64(53)71/h1-41H. The van der Waals surface area contributed by atoms with Gasteiger partial charge in [0.25, 0.3) is 0 Å². The smallest absolute Gasteiger partial charge is 0.0794 e. The van der Waals surface area contributed by atoms with Gasteiger partial charge in [0.15, 0.2) is 0 Å². The first-order chi connectivity index (χ1) is 35.2. The molecular weight excluding hydrogens is 859 g/mol. The quantitative estimate of drug-likeness (QED) is 0.161. The molecule has 0 fully saturated rings. The fraction of sp³-hybridized carbons (Fsp3) is 0.0147. The van der Waals surface area contributed by atoms with Gasteiger partial charge in [-0.15, -0.1) is 0 Å². The zero-order valence-corrected chi connectivity index (χ0v) is 38.5. The molecule has 11 aromatic carbocycles. The van der Waals surface area contributed by atoms with Gasteiger partial charge in [-0.25, -0.2) is 4.98 Å². The summed E-state index contributed by atoms with van der Waals surface area (Å²) in [4.78, 5) is 5.71. The Morgan fingerprint density at radius 3 is 1.31 bits per heavy atom. The molecule has 0 amide bonds. The van der Waals surface area contributed by atoms with Crippen molar-refractivity contribution in [3.8, 4) is 56.0 Å². The van der Waals surface area contributed by atoms with Gasteiger partial charge in [0.05, 0.1) is 38.7 Å². The summed E-state index contributed by atoms with van der Waals surface area (Å²) in [6.07, 6.45) is 0. The van der Waals surface area contributed by atoms with E-state index in [2.05, 4.69) is 258 Å². The van der Waals surface area contributed by atoms with Crippen LogP contribution in [0, 0.1) is 0 Å². The first kappa shape index (κ1) is 38.6. The van der Waals surface area contributed by atoms with Gasteiger partial charge in [-0.2, -0.15) is 0 Å². The molecule has 0 atom stereocenters. The van der Waals surface area contributed by atoms with Crippen molar-refractivity contribution in [3.63, 3.8) is 0 Å². The van der Waals surface area contributed by atoms with Crippen molar-refractivity contribution >= 4 is 65.3 Å². The normalized spacial score (nSPS) is 13.2. The number of nitrogens with zero attached hydrogens (tertiary/aromatic N) is 3. The van der Waals surface area contributed by atoms with E-state index in [1.54, 1.807) is 0 Å². The highest BCUT2D eigenvalue weighted by Gasteiger charge is 2.52. The van der Waals surface area contributed by atoms with E-state index < -0.39 is 5.41 Å². The Labute approximate surface area is 409 Å². The van der Waals surface area contributed by atoms with Crippen molar-refractivity contribution < 1.29 is 0 Å². The van der Waals surface area contributed by atoms with Crippen LogP contribution in [0.3, 0.4) is 0 Å². The molecule has 14 aromatic rings. The molecule has 0 N–H and O–H groups in total. The Kier molecular flexibility index (Phi) is 7.82. The van der Waals surface area contributed by atoms with Crippen LogP contribution < -0.4 is 0 Å². The minimum Gasteiger partial charge on any atom is -0.309 e. The lowest BCUT2D eigenvalue weighted by molar-refractivity contribution is 0.794. The summed E-state index contributed by atoms with van der Waals surface area (Å²) in [5, 5.41) is 8.52. The van der Waals surface area contributed by atoms with Crippen molar-refractivity contribution in [2.75, 3.05) is 0 Å². The highest BCUT2D eigenvalue weighted by molar-refractivity contribution is 6.19. The second-order valence-electron chi connectivity index (χ2n) is 19.3. The minimum absolute atomic E-state index is 0.464. The van der Waals surface area contributed by atoms with Crippen LogP contribution in [0.2, 0.25) is 0 Å². The molecule has 0 radical (unpaired) electrons. The number of rotatable bonds is 4. The molecule has 0 saturated carbocycles. The maximum Gasteiger partial charge on any atom is 0.0794 e. The summed E-state index contributed by atoms with van der Waals surface area (Å²) in [7, 11) is 0. The molecular formula is C68H41N3. The van der Waals surface area contributed by atoms with Crippen LogP contribution in [0.15, 0.2) is 249 Å². The fourth-order valence-corrected chi connectivity index (χ4v) is 13.1.